The maximum Gasteiger partial charge on any atom is 0.140 e. The largest absolute Gasteiger partial charge is 0.367 e. The molecule has 1 aromatic rings. The predicted molar refractivity (Wildman–Crippen MR) is 77.8 cm³/mol. The van der Waals surface area contributed by atoms with E-state index >= 15 is 0 Å². The Morgan fingerprint density at radius 3 is 2.74 bits per heavy atom. The Kier molecular flexibility index (Phi) is 3.72. The molecule has 2 fully saturated rings. The third-order valence-corrected chi connectivity index (χ3v) is 4.50. The van der Waals surface area contributed by atoms with Crippen molar-refractivity contribution >= 4 is 12.2 Å². The number of hydrogen-bond donors (Lipinski definition) is 1. The molecular weight excluding hydrogens is 256 g/mol. The minimum atomic E-state index is -0.217. The molecule has 1 aromatic heterocycles. The van der Waals surface area contributed by atoms with Crippen molar-refractivity contribution in [2.45, 2.75) is 63.4 Å². The van der Waals surface area contributed by atoms with Crippen molar-refractivity contribution in [2.24, 2.45) is 0 Å². The monoisotopic (exact) mass is 278 g/mol. The molecule has 0 bridgehead atoms. The van der Waals surface area contributed by atoms with Gasteiger partial charge >= 0.3 is 0 Å². The highest BCUT2D eigenvalue weighted by molar-refractivity contribution is 7.71. The quantitative estimate of drug-likeness (QED) is 0.838. The fraction of sp³-hybridized carbons (Fsp3) is 0.733. The lowest BCUT2D eigenvalue weighted by atomic mass is 9.83. The molecule has 0 unspecified atom stereocenters. The zero-order valence-electron chi connectivity index (χ0n) is 11.6. The van der Waals surface area contributed by atoms with Gasteiger partial charge in [-0.05, 0) is 44.6 Å². The molecule has 0 amide bonds. The van der Waals surface area contributed by atoms with Gasteiger partial charge in [-0.2, -0.15) is 0 Å². The van der Waals surface area contributed by atoms with Crippen molar-refractivity contribution in [1.82, 2.24) is 9.97 Å². The first-order valence-electron chi connectivity index (χ1n) is 7.49. The summed E-state index contributed by atoms with van der Waals surface area (Å²) >= 11 is 5.35. The van der Waals surface area contributed by atoms with Crippen LogP contribution in [-0.2, 0) is 10.3 Å². The van der Waals surface area contributed by atoms with E-state index < -0.39 is 0 Å². The molecule has 3 nitrogen and oxygen atoms in total. The molecule has 2 saturated carbocycles. The summed E-state index contributed by atoms with van der Waals surface area (Å²) in [6.07, 6.45) is 8.41. The van der Waals surface area contributed by atoms with Crippen LogP contribution in [0.2, 0.25) is 0 Å². The van der Waals surface area contributed by atoms with E-state index in [-0.39, 0.29) is 5.60 Å². The van der Waals surface area contributed by atoms with Crippen molar-refractivity contribution in [1.29, 1.82) is 0 Å². The number of hydrogen-bond acceptors (Lipinski definition) is 3. The van der Waals surface area contributed by atoms with Gasteiger partial charge in [0.05, 0.1) is 0 Å². The summed E-state index contributed by atoms with van der Waals surface area (Å²) in [6.45, 7) is 2.80. The SMILES string of the molecule is CCOC1(c2nc(=S)cc(C3CC3)[nH]2)CCCCC1. The summed E-state index contributed by atoms with van der Waals surface area (Å²) in [5.74, 6) is 1.65. The molecule has 2 aliphatic rings. The predicted octanol–water partition coefficient (Wildman–Crippen LogP) is 4.21. The maximum atomic E-state index is 6.13. The van der Waals surface area contributed by atoms with Crippen LogP contribution in [0.3, 0.4) is 0 Å². The first kappa shape index (κ1) is 13.3. The standard InChI is InChI=1S/C15H22N2OS/c1-2-18-15(8-4-3-5-9-15)14-16-12(11-6-7-11)10-13(19)17-14/h10-11H,2-9H2,1H3,(H,16,17,19). The van der Waals surface area contributed by atoms with E-state index in [9.17, 15) is 0 Å². The van der Waals surface area contributed by atoms with Crippen LogP contribution in [0.4, 0.5) is 0 Å². The Morgan fingerprint density at radius 2 is 2.11 bits per heavy atom. The van der Waals surface area contributed by atoms with E-state index in [1.165, 1.54) is 37.8 Å². The summed E-state index contributed by atoms with van der Waals surface area (Å²) in [5.41, 5.74) is 1.05. The molecule has 1 N–H and O–H groups in total. The van der Waals surface area contributed by atoms with Gasteiger partial charge in [0, 0.05) is 12.3 Å². The lowest BCUT2D eigenvalue weighted by Gasteiger charge is -2.36. The van der Waals surface area contributed by atoms with E-state index in [1.54, 1.807) is 0 Å². The number of aromatic amines is 1. The molecule has 0 saturated heterocycles. The first-order chi connectivity index (χ1) is 9.23. The molecule has 4 heteroatoms. The van der Waals surface area contributed by atoms with Gasteiger partial charge in [-0.15, -0.1) is 0 Å². The smallest absolute Gasteiger partial charge is 0.140 e. The van der Waals surface area contributed by atoms with Crippen LogP contribution in [-0.4, -0.2) is 16.6 Å². The lowest BCUT2D eigenvalue weighted by molar-refractivity contribution is -0.0768. The van der Waals surface area contributed by atoms with Crippen molar-refractivity contribution in [2.75, 3.05) is 6.61 Å². The Bertz CT molecular complexity index is 496. The molecule has 1 heterocycles. The minimum Gasteiger partial charge on any atom is -0.367 e. The Morgan fingerprint density at radius 1 is 1.37 bits per heavy atom. The fourth-order valence-electron chi connectivity index (χ4n) is 3.15. The number of nitrogens with zero attached hydrogens (tertiary/aromatic N) is 1. The summed E-state index contributed by atoms with van der Waals surface area (Å²) in [5, 5.41) is 0. The van der Waals surface area contributed by atoms with Crippen LogP contribution < -0.4 is 0 Å². The van der Waals surface area contributed by atoms with Gasteiger partial charge in [-0.1, -0.05) is 31.5 Å². The zero-order chi connectivity index (χ0) is 13.3. The Balaban J connectivity index is 1.99. The molecule has 104 valence electrons. The number of nitrogens with one attached hydrogen (secondary N) is 1. The third-order valence-electron chi connectivity index (χ3n) is 4.29. The highest BCUT2D eigenvalue weighted by Gasteiger charge is 2.37. The molecule has 0 aromatic carbocycles. The fourth-order valence-corrected chi connectivity index (χ4v) is 3.37. The van der Waals surface area contributed by atoms with E-state index in [4.69, 9.17) is 17.0 Å². The van der Waals surface area contributed by atoms with E-state index in [0.717, 1.165) is 25.3 Å². The van der Waals surface area contributed by atoms with Crippen molar-refractivity contribution in [3.05, 3.63) is 22.2 Å². The van der Waals surface area contributed by atoms with Crippen LogP contribution in [0.25, 0.3) is 0 Å². The summed E-state index contributed by atoms with van der Waals surface area (Å²) in [6, 6.07) is 2.03. The number of rotatable bonds is 4. The molecule has 19 heavy (non-hydrogen) atoms. The van der Waals surface area contributed by atoms with Gasteiger partial charge < -0.3 is 9.72 Å². The molecule has 2 aliphatic carbocycles. The van der Waals surface area contributed by atoms with Crippen LogP contribution in [0.1, 0.15) is 69.3 Å². The molecule has 0 radical (unpaired) electrons. The normalized spacial score (nSPS) is 22.4. The molecule has 3 rings (SSSR count). The van der Waals surface area contributed by atoms with Crippen LogP contribution in [0, 0.1) is 4.64 Å². The number of H-pyrrole nitrogens is 1. The number of aromatic nitrogens is 2. The van der Waals surface area contributed by atoms with Gasteiger partial charge in [-0.3, -0.25) is 0 Å². The van der Waals surface area contributed by atoms with E-state index in [0.29, 0.717) is 10.6 Å². The zero-order valence-corrected chi connectivity index (χ0v) is 12.4. The Hall–Kier alpha value is -0.740. The highest BCUT2D eigenvalue weighted by Crippen LogP contribution is 2.42. The second kappa shape index (κ2) is 5.33. The van der Waals surface area contributed by atoms with Gasteiger partial charge in [0.2, 0.25) is 0 Å². The second-order valence-corrected chi connectivity index (χ2v) is 6.20. The lowest BCUT2D eigenvalue weighted by Crippen LogP contribution is -2.34. The topological polar surface area (TPSA) is 37.9 Å². The van der Waals surface area contributed by atoms with Crippen LogP contribution >= 0.6 is 12.2 Å². The van der Waals surface area contributed by atoms with Crippen molar-refractivity contribution in [3.8, 4) is 0 Å². The van der Waals surface area contributed by atoms with E-state index in [2.05, 4.69) is 16.9 Å². The van der Waals surface area contributed by atoms with Crippen LogP contribution in [0.5, 0.6) is 0 Å². The van der Waals surface area contributed by atoms with Gasteiger partial charge in [0.25, 0.3) is 0 Å². The number of ether oxygens (including phenoxy) is 1. The van der Waals surface area contributed by atoms with Crippen molar-refractivity contribution in [3.63, 3.8) is 0 Å². The summed E-state index contributed by atoms with van der Waals surface area (Å²) < 4.78 is 6.84. The highest BCUT2D eigenvalue weighted by atomic mass is 32.1. The molecule has 0 atom stereocenters. The second-order valence-electron chi connectivity index (χ2n) is 5.79. The minimum absolute atomic E-state index is 0.217. The molecule has 0 spiro atoms. The molecule has 0 aliphatic heterocycles. The average Bonchev–Trinajstić information content (AvgIpc) is 3.24. The summed E-state index contributed by atoms with van der Waals surface area (Å²) in [7, 11) is 0. The van der Waals surface area contributed by atoms with Crippen molar-refractivity contribution < 1.29 is 4.74 Å². The Labute approximate surface area is 119 Å². The summed E-state index contributed by atoms with van der Waals surface area (Å²) in [4.78, 5) is 8.13. The van der Waals surface area contributed by atoms with E-state index in [1.807, 2.05) is 6.07 Å². The van der Waals surface area contributed by atoms with Gasteiger partial charge in [0.15, 0.2) is 0 Å². The van der Waals surface area contributed by atoms with Gasteiger partial charge in [-0.25, -0.2) is 4.98 Å². The van der Waals surface area contributed by atoms with Crippen LogP contribution in [0.15, 0.2) is 6.07 Å². The average molecular weight is 278 g/mol. The third kappa shape index (κ3) is 2.75. The first-order valence-corrected chi connectivity index (χ1v) is 7.90. The maximum absolute atomic E-state index is 6.13. The van der Waals surface area contributed by atoms with Gasteiger partial charge in [0.1, 0.15) is 16.1 Å². The molecular formula is C15H22N2OS.